The second-order valence-corrected chi connectivity index (χ2v) is 5.61. The molecular formula is C20H23NO4. The van der Waals surface area contributed by atoms with Gasteiger partial charge in [0.1, 0.15) is 6.61 Å². The second kappa shape index (κ2) is 9.59. The van der Waals surface area contributed by atoms with Crippen LogP contribution in [0.3, 0.4) is 0 Å². The van der Waals surface area contributed by atoms with Crippen LogP contribution in [0, 0.1) is 0 Å². The van der Waals surface area contributed by atoms with Crippen LogP contribution in [0.2, 0.25) is 0 Å². The number of unbranched alkanes of at least 4 members (excludes halogenated alkanes) is 1. The van der Waals surface area contributed by atoms with Crippen LogP contribution in [0.1, 0.15) is 19.8 Å². The fourth-order valence-corrected chi connectivity index (χ4v) is 2.19. The summed E-state index contributed by atoms with van der Waals surface area (Å²) in [5.41, 5.74) is 2.14. The van der Waals surface area contributed by atoms with Gasteiger partial charge in [-0.05, 0) is 29.7 Å². The van der Waals surface area contributed by atoms with Crippen molar-refractivity contribution in [2.45, 2.75) is 19.8 Å². The molecule has 0 saturated carbocycles. The third kappa shape index (κ3) is 5.72. The maximum absolute atomic E-state index is 12.0. The lowest BCUT2D eigenvalue weighted by Gasteiger charge is -2.17. The topological polar surface area (TPSA) is 55.8 Å². The first kappa shape index (κ1) is 18.7. The van der Waals surface area contributed by atoms with Gasteiger partial charge in [-0.2, -0.15) is 5.06 Å². The Hall–Kier alpha value is -2.66. The number of amides is 1. The summed E-state index contributed by atoms with van der Waals surface area (Å²) in [6, 6.07) is 17.3. The zero-order valence-electron chi connectivity index (χ0n) is 14.6. The van der Waals surface area contributed by atoms with E-state index < -0.39 is 11.7 Å². The number of hydrogen-bond donors (Lipinski definition) is 0. The van der Waals surface area contributed by atoms with Gasteiger partial charge in [-0.25, -0.2) is 0 Å². The number of hydrogen-bond acceptors (Lipinski definition) is 4. The van der Waals surface area contributed by atoms with E-state index in [0.717, 1.165) is 29.0 Å². The van der Waals surface area contributed by atoms with Gasteiger partial charge in [0.25, 0.3) is 0 Å². The van der Waals surface area contributed by atoms with Crippen molar-refractivity contribution in [3.05, 3.63) is 54.6 Å². The number of likely N-dealkylation sites (N-methyl/N-ethyl adjacent to an activating group) is 1. The normalized spacial score (nSPS) is 10.3. The van der Waals surface area contributed by atoms with Crippen molar-refractivity contribution in [3.63, 3.8) is 0 Å². The monoisotopic (exact) mass is 341 g/mol. The van der Waals surface area contributed by atoms with Crippen molar-refractivity contribution in [1.82, 2.24) is 5.06 Å². The molecule has 0 aliphatic rings. The number of carbonyl (C=O) groups excluding carboxylic acids is 2. The number of hydroxylamine groups is 2. The second-order valence-electron chi connectivity index (χ2n) is 5.61. The highest BCUT2D eigenvalue weighted by Crippen LogP contribution is 2.22. The fraction of sp³-hybridized carbons (Fsp3) is 0.300. The zero-order chi connectivity index (χ0) is 18.1. The predicted molar refractivity (Wildman–Crippen MR) is 96.0 cm³/mol. The molecule has 132 valence electrons. The van der Waals surface area contributed by atoms with Crippen LogP contribution in [0.15, 0.2) is 54.6 Å². The number of rotatable bonds is 9. The first-order valence-electron chi connectivity index (χ1n) is 8.34. The number of Topliss-reactive ketones (excluding diaryl/α,β-unsaturated/α-hetero) is 1. The van der Waals surface area contributed by atoms with Gasteiger partial charge in [-0.15, -0.1) is 0 Å². The molecule has 2 aromatic rings. The summed E-state index contributed by atoms with van der Waals surface area (Å²) in [6.07, 6.45) is 1.84. The molecule has 0 atom stereocenters. The van der Waals surface area contributed by atoms with E-state index >= 15 is 0 Å². The Labute approximate surface area is 148 Å². The van der Waals surface area contributed by atoms with E-state index in [4.69, 9.17) is 9.57 Å². The maximum Gasteiger partial charge on any atom is 0.324 e. The van der Waals surface area contributed by atoms with Gasteiger partial charge in [0.15, 0.2) is 5.75 Å². The van der Waals surface area contributed by atoms with Crippen molar-refractivity contribution in [2.75, 3.05) is 20.3 Å². The Morgan fingerprint density at radius 3 is 2.24 bits per heavy atom. The zero-order valence-corrected chi connectivity index (χ0v) is 14.6. The summed E-state index contributed by atoms with van der Waals surface area (Å²) in [7, 11) is 1.41. The summed E-state index contributed by atoms with van der Waals surface area (Å²) in [5, 5.41) is 0.934. The molecular weight excluding hydrogens is 318 g/mol. The number of nitrogens with zero attached hydrogens (tertiary/aromatic N) is 1. The molecule has 0 unspecified atom stereocenters. The maximum atomic E-state index is 12.0. The summed E-state index contributed by atoms with van der Waals surface area (Å²) < 4.78 is 5.17. The van der Waals surface area contributed by atoms with Gasteiger partial charge in [0, 0.05) is 13.7 Å². The molecule has 0 aliphatic heterocycles. The average molecular weight is 341 g/mol. The molecule has 2 aromatic carbocycles. The van der Waals surface area contributed by atoms with E-state index in [0.29, 0.717) is 12.4 Å². The largest absolute Gasteiger partial charge is 0.377 e. The SMILES string of the molecule is CCCCOCC(=O)C(=O)N(C)Oc1ccc(-c2ccccc2)cc1. The summed E-state index contributed by atoms with van der Waals surface area (Å²) in [4.78, 5) is 29.2. The molecule has 1 amide bonds. The minimum atomic E-state index is -0.733. The highest BCUT2D eigenvalue weighted by Gasteiger charge is 2.20. The lowest BCUT2D eigenvalue weighted by atomic mass is 10.1. The van der Waals surface area contributed by atoms with E-state index in [9.17, 15) is 9.59 Å². The highest BCUT2D eigenvalue weighted by atomic mass is 16.7. The molecule has 0 radical (unpaired) electrons. The molecule has 0 spiro atoms. The van der Waals surface area contributed by atoms with Crippen LogP contribution in [-0.4, -0.2) is 37.0 Å². The predicted octanol–water partition coefficient (Wildman–Crippen LogP) is 3.49. The van der Waals surface area contributed by atoms with Crippen LogP contribution < -0.4 is 4.84 Å². The molecule has 2 rings (SSSR count). The van der Waals surface area contributed by atoms with E-state index in [1.54, 1.807) is 12.1 Å². The van der Waals surface area contributed by atoms with Gasteiger partial charge in [0.2, 0.25) is 5.78 Å². The van der Waals surface area contributed by atoms with Crippen LogP contribution in [-0.2, 0) is 14.3 Å². The quantitative estimate of drug-likeness (QED) is 0.398. The minimum absolute atomic E-state index is 0.223. The molecule has 0 fully saturated rings. The lowest BCUT2D eigenvalue weighted by Crippen LogP contribution is -2.37. The molecule has 0 aliphatic carbocycles. The van der Waals surface area contributed by atoms with Crippen molar-refractivity contribution < 1.29 is 19.2 Å². The smallest absolute Gasteiger partial charge is 0.324 e. The number of ketones is 1. The number of carbonyl (C=O) groups is 2. The molecule has 0 bridgehead atoms. The van der Waals surface area contributed by atoms with Crippen molar-refractivity contribution >= 4 is 11.7 Å². The molecule has 25 heavy (non-hydrogen) atoms. The van der Waals surface area contributed by atoms with Gasteiger partial charge >= 0.3 is 5.91 Å². The summed E-state index contributed by atoms with van der Waals surface area (Å²) >= 11 is 0. The van der Waals surface area contributed by atoms with E-state index in [2.05, 4.69) is 0 Å². The first-order chi connectivity index (χ1) is 12.1. The molecule has 0 N–H and O–H groups in total. The Morgan fingerprint density at radius 2 is 1.60 bits per heavy atom. The highest BCUT2D eigenvalue weighted by molar-refractivity contribution is 6.36. The van der Waals surface area contributed by atoms with Gasteiger partial charge < -0.3 is 9.57 Å². The van der Waals surface area contributed by atoms with E-state index in [1.165, 1.54) is 7.05 Å². The summed E-state index contributed by atoms with van der Waals surface area (Å²) in [5.74, 6) is -0.877. The summed E-state index contributed by atoms with van der Waals surface area (Å²) in [6.45, 7) is 2.28. The first-order valence-corrected chi connectivity index (χ1v) is 8.34. The van der Waals surface area contributed by atoms with Gasteiger partial charge in [-0.1, -0.05) is 55.8 Å². The third-order valence-corrected chi connectivity index (χ3v) is 3.60. The Bertz CT molecular complexity index is 683. The van der Waals surface area contributed by atoms with Crippen molar-refractivity contribution in [1.29, 1.82) is 0 Å². The number of ether oxygens (including phenoxy) is 1. The van der Waals surface area contributed by atoms with Crippen LogP contribution in [0.4, 0.5) is 0 Å². The Kier molecular flexibility index (Phi) is 7.16. The lowest BCUT2D eigenvalue weighted by molar-refractivity contribution is -0.161. The fourth-order valence-electron chi connectivity index (χ4n) is 2.19. The van der Waals surface area contributed by atoms with Crippen LogP contribution >= 0.6 is 0 Å². The van der Waals surface area contributed by atoms with Gasteiger partial charge in [-0.3, -0.25) is 9.59 Å². The standard InChI is InChI=1S/C20H23NO4/c1-3-4-14-24-15-19(22)20(23)21(2)25-18-12-10-17(11-13-18)16-8-6-5-7-9-16/h5-13H,3-4,14-15H2,1-2H3. The minimum Gasteiger partial charge on any atom is -0.377 e. The number of benzene rings is 2. The molecule has 5 nitrogen and oxygen atoms in total. The van der Waals surface area contributed by atoms with E-state index in [1.807, 2.05) is 49.4 Å². The Balaban J connectivity index is 1.88. The van der Waals surface area contributed by atoms with Gasteiger partial charge in [0.05, 0.1) is 0 Å². The molecule has 0 aromatic heterocycles. The van der Waals surface area contributed by atoms with Crippen molar-refractivity contribution in [3.8, 4) is 16.9 Å². The molecule has 0 heterocycles. The van der Waals surface area contributed by atoms with Crippen LogP contribution in [0.25, 0.3) is 11.1 Å². The van der Waals surface area contributed by atoms with E-state index in [-0.39, 0.29) is 6.61 Å². The average Bonchev–Trinajstić information content (AvgIpc) is 2.65. The Morgan fingerprint density at radius 1 is 0.960 bits per heavy atom. The van der Waals surface area contributed by atoms with Crippen molar-refractivity contribution in [2.24, 2.45) is 0 Å². The third-order valence-electron chi connectivity index (χ3n) is 3.60. The molecule has 5 heteroatoms. The van der Waals surface area contributed by atoms with Crippen LogP contribution in [0.5, 0.6) is 5.75 Å². The molecule has 0 saturated heterocycles.